The molecule has 1 aromatic rings. The van der Waals surface area contributed by atoms with Gasteiger partial charge in [0, 0.05) is 10.6 Å². The van der Waals surface area contributed by atoms with Gasteiger partial charge < -0.3 is 4.74 Å². The molecule has 6 heteroatoms. The topological polar surface area (TPSA) is 12.5 Å². The van der Waals surface area contributed by atoms with Crippen LogP contribution in [-0.4, -0.2) is 32.3 Å². The first-order valence-corrected chi connectivity index (χ1v) is 5.21. The fourth-order valence-corrected chi connectivity index (χ4v) is 1.85. The maximum atomic E-state index is 13.0. The number of benzene rings is 1. The van der Waals surface area contributed by atoms with E-state index in [1.165, 1.54) is 39.4 Å². The molecule has 17 heavy (non-hydrogen) atoms. The maximum absolute atomic E-state index is 13.0. The van der Waals surface area contributed by atoms with Gasteiger partial charge in [-0.1, -0.05) is 11.6 Å². The molecule has 0 aliphatic rings. The van der Waals surface area contributed by atoms with E-state index in [0.717, 1.165) is 4.90 Å². The third-order valence-corrected chi connectivity index (χ3v) is 2.55. The van der Waals surface area contributed by atoms with Gasteiger partial charge in [-0.2, -0.15) is 13.2 Å². The van der Waals surface area contributed by atoms with E-state index in [-0.39, 0.29) is 16.3 Å². The second-order valence-electron chi connectivity index (χ2n) is 3.79. The third-order valence-electron chi connectivity index (χ3n) is 2.31. The zero-order valence-electron chi connectivity index (χ0n) is 9.68. The Morgan fingerprint density at radius 1 is 1.29 bits per heavy atom. The van der Waals surface area contributed by atoms with Crippen LogP contribution in [0.2, 0.25) is 5.02 Å². The number of methoxy groups -OCH3 is 1. The van der Waals surface area contributed by atoms with E-state index in [2.05, 4.69) is 0 Å². The molecule has 1 aromatic carbocycles. The minimum atomic E-state index is -4.39. The summed E-state index contributed by atoms with van der Waals surface area (Å²) in [5, 5.41) is 0.247. The molecule has 0 fully saturated rings. The van der Waals surface area contributed by atoms with Crippen LogP contribution in [0, 0.1) is 0 Å². The third kappa shape index (κ3) is 3.26. The highest BCUT2D eigenvalue weighted by molar-refractivity contribution is 6.30. The van der Waals surface area contributed by atoms with Crippen LogP contribution in [-0.2, 0) is 0 Å². The Kier molecular flexibility index (Phi) is 4.27. The van der Waals surface area contributed by atoms with Crippen molar-refractivity contribution in [2.24, 2.45) is 0 Å². The van der Waals surface area contributed by atoms with Crippen LogP contribution in [0.1, 0.15) is 11.6 Å². The number of nitrogens with zero attached hydrogens (tertiary/aromatic N) is 1. The van der Waals surface area contributed by atoms with E-state index in [0.29, 0.717) is 0 Å². The van der Waals surface area contributed by atoms with Gasteiger partial charge in [-0.25, -0.2) is 0 Å². The van der Waals surface area contributed by atoms with Gasteiger partial charge in [-0.3, -0.25) is 4.90 Å². The average Bonchev–Trinajstić information content (AvgIpc) is 2.15. The van der Waals surface area contributed by atoms with Gasteiger partial charge in [-0.15, -0.1) is 0 Å². The summed E-state index contributed by atoms with van der Waals surface area (Å²) < 4.78 is 43.8. The minimum absolute atomic E-state index is 0.0116. The van der Waals surface area contributed by atoms with Crippen molar-refractivity contribution in [3.05, 3.63) is 28.8 Å². The first-order chi connectivity index (χ1) is 7.77. The molecule has 0 aromatic heterocycles. The molecule has 0 aliphatic carbocycles. The Hall–Kier alpha value is -0.940. The van der Waals surface area contributed by atoms with Gasteiger partial charge in [0.1, 0.15) is 11.8 Å². The highest BCUT2D eigenvalue weighted by atomic mass is 35.5. The molecule has 1 rings (SSSR count). The lowest BCUT2D eigenvalue weighted by Gasteiger charge is -2.28. The van der Waals surface area contributed by atoms with Crippen LogP contribution in [0.3, 0.4) is 0 Å². The van der Waals surface area contributed by atoms with Crippen LogP contribution < -0.4 is 4.74 Å². The second-order valence-corrected chi connectivity index (χ2v) is 4.23. The van der Waals surface area contributed by atoms with E-state index in [1.807, 2.05) is 0 Å². The summed E-state index contributed by atoms with van der Waals surface area (Å²) in [6, 6.07) is 2.46. The molecule has 0 radical (unpaired) electrons. The van der Waals surface area contributed by atoms with Gasteiger partial charge in [0.15, 0.2) is 0 Å². The highest BCUT2D eigenvalue weighted by Gasteiger charge is 2.43. The smallest absolute Gasteiger partial charge is 0.408 e. The first-order valence-electron chi connectivity index (χ1n) is 4.84. The van der Waals surface area contributed by atoms with Crippen molar-refractivity contribution in [2.75, 3.05) is 21.2 Å². The summed E-state index contributed by atoms with van der Waals surface area (Å²) in [4.78, 5) is 1.08. The van der Waals surface area contributed by atoms with Crippen molar-refractivity contribution in [1.82, 2.24) is 4.90 Å². The zero-order valence-corrected chi connectivity index (χ0v) is 10.4. The van der Waals surface area contributed by atoms with Gasteiger partial charge >= 0.3 is 6.18 Å². The molecule has 0 spiro atoms. The summed E-state index contributed by atoms with van der Waals surface area (Å²) >= 11 is 5.73. The molecule has 96 valence electrons. The Bertz CT molecular complexity index is 393. The molecule has 0 bridgehead atoms. The lowest BCUT2D eigenvalue weighted by molar-refractivity contribution is -0.179. The van der Waals surface area contributed by atoms with Gasteiger partial charge in [0.25, 0.3) is 0 Å². The lowest BCUT2D eigenvalue weighted by atomic mass is 10.0. The summed E-state index contributed by atoms with van der Waals surface area (Å²) in [5.74, 6) is 0.172. The van der Waals surface area contributed by atoms with Crippen molar-refractivity contribution < 1.29 is 17.9 Å². The van der Waals surface area contributed by atoms with E-state index in [1.54, 1.807) is 0 Å². The first kappa shape index (κ1) is 14.1. The van der Waals surface area contributed by atoms with Crippen LogP contribution >= 0.6 is 11.6 Å². The number of halogens is 4. The van der Waals surface area contributed by atoms with Crippen LogP contribution in [0.5, 0.6) is 5.75 Å². The quantitative estimate of drug-likeness (QED) is 0.831. The summed E-state index contributed by atoms with van der Waals surface area (Å²) in [7, 11) is 4.05. The van der Waals surface area contributed by atoms with Gasteiger partial charge in [-0.05, 0) is 32.3 Å². The van der Waals surface area contributed by atoms with Gasteiger partial charge in [0.05, 0.1) is 7.11 Å². The molecule has 0 heterocycles. The summed E-state index contributed by atoms with van der Waals surface area (Å²) in [6.45, 7) is 0. The van der Waals surface area contributed by atoms with Crippen molar-refractivity contribution >= 4 is 11.6 Å². The Balaban J connectivity index is 3.32. The van der Waals surface area contributed by atoms with E-state index in [4.69, 9.17) is 16.3 Å². The van der Waals surface area contributed by atoms with Crippen LogP contribution in [0.15, 0.2) is 18.2 Å². The zero-order chi connectivity index (χ0) is 13.2. The van der Waals surface area contributed by atoms with Crippen LogP contribution in [0.25, 0.3) is 0 Å². The van der Waals surface area contributed by atoms with Crippen molar-refractivity contribution in [1.29, 1.82) is 0 Å². The largest absolute Gasteiger partial charge is 0.496 e. The fourth-order valence-electron chi connectivity index (χ4n) is 1.67. The number of rotatable bonds is 3. The van der Waals surface area contributed by atoms with E-state index < -0.39 is 12.2 Å². The number of hydrogen-bond acceptors (Lipinski definition) is 2. The van der Waals surface area contributed by atoms with E-state index >= 15 is 0 Å². The van der Waals surface area contributed by atoms with Gasteiger partial charge in [0.2, 0.25) is 0 Å². The molecule has 0 amide bonds. The molecular weight excluding hydrogens is 255 g/mol. The standard InChI is InChI=1S/C11H13ClF3NO/c1-16(2)10(11(13,14)15)8-6-7(12)4-5-9(8)17-3/h4-6,10H,1-3H3. The van der Waals surface area contributed by atoms with E-state index in [9.17, 15) is 13.2 Å². The molecule has 1 atom stereocenters. The molecule has 1 unspecified atom stereocenters. The Labute approximate surface area is 103 Å². The number of ether oxygens (including phenoxy) is 1. The predicted molar refractivity (Wildman–Crippen MR) is 60.5 cm³/mol. The Morgan fingerprint density at radius 2 is 1.88 bits per heavy atom. The van der Waals surface area contributed by atoms with Crippen molar-refractivity contribution in [3.63, 3.8) is 0 Å². The highest BCUT2D eigenvalue weighted by Crippen LogP contribution is 2.41. The van der Waals surface area contributed by atoms with Crippen LogP contribution in [0.4, 0.5) is 13.2 Å². The minimum Gasteiger partial charge on any atom is -0.496 e. The Morgan fingerprint density at radius 3 is 2.29 bits per heavy atom. The monoisotopic (exact) mass is 267 g/mol. The maximum Gasteiger partial charge on any atom is 0.408 e. The SMILES string of the molecule is COc1ccc(Cl)cc1C(N(C)C)C(F)(F)F. The summed E-state index contributed by atoms with van der Waals surface area (Å²) in [5.41, 5.74) is 0.0116. The molecular formula is C11H13ClF3NO. The molecule has 0 aliphatic heterocycles. The fraction of sp³-hybridized carbons (Fsp3) is 0.455. The summed E-state index contributed by atoms with van der Waals surface area (Å²) in [6.07, 6.45) is -4.39. The normalized spacial score (nSPS) is 13.9. The lowest BCUT2D eigenvalue weighted by Crippen LogP contribution is -2.33. The molecule has 0 N–H and O–H groups in total. The molecule has 0 saturated carbocycles. The van der Waals surface area contributed by atoms with Crippen molar-refractivity contribution in [2.45, 2.75) is 12.2 Å². The molecule has 0 saturated heterocycles. The second kappa shape index (κ2) is 5.14. The average molecular weight is 268 g/mol. The van der Waals surface area contributed by atoms with Crippen molar-refractivity contribution in [3.8, 4) is 5.75 Å². The predicted octanol–water partition coefficient (Wildman–Crippen LogP) is 3.51. The number of alkyl halides is 3. The molecule has 2 nitrogen and oxygen atoms in total. The number of hydrogen-bond donors (Lipinski definition) is 0.